The predicted octanol–water partition coefficient (Wildman–Crippen LogP) is 2.92. The quantitative estimate of drug-likeness (QED) is 0.728. The second-order valence-electron chi connectivity index (χ2n) is 5.66. The number of amides is 1. The van der Waals surface area contributed by atoms with E-state index in [0.717, 1.165) is 17.4 Å². The normalized spacial score (nSPS) is 12.5. The van der Waals surface area contributed by atoms with Gasteiger partial charge in [-0.25, -0.2) is 0 Å². The molecular weight excluding hydrogens is 332 g/mol. The fourth-order valence-electron chi connectivity index (χ4n) is 1.88. The first-order valence-corrected chi connectivity index (χ1v) is 8.04. The molecule has 0 spiro atoms. The van der Waals surface area contributed by atoms with E-state index in [4.69, 9.17) is 4.74 Å². The Morgan fingerprint density at radius 1 is 1.33 bits per heavy atom. The van der Waals surface area contributed by atoms with Crippen molar-refractivity contribution < 1.29 is 9.53 Å². The van der Waals surface area contributed by atoms with Gasteiger partial charge in [0.2, 0.25) is 0 Å². The molecule has 1 unspecified atom stereocenters. The molecule has 0 bridgehead atoms. The van der Waals surface area contributed by atoms with Crippen LogP contribution >= 0.6 is 15.9 Å². The Labute approximate surface area is 136 Å². The molecule has 118 valence electrons. The summed E-state index contributed by atoms with van der Waals surface area (Å²) in [5, 5.41) is 2.95. The molecule has 1 N–H and O–H groups in total. The van der Waals surface area contributed by atoms with Gasteiger partial charge >= 0.3 is 0 Å². The lowest BCUT2D eigenvalue weighted by atomic mass is 10.1. The summed E-state index contributed by atoms with van der Waals surface area (Å²) in [6.07, 6.45) is 0.446. The minimum atomic E-state index is -0.483. The number of para-hydroxylation sites is 1. The summed E-state index contributed by atoms with van der Waals surface area (Å²) in [4.78, 5) is 14.4. The Bertz CT molecular complexity index is 450. The van der Waals surface area contributed by atoms with Crippen LogP contribution in [0.1, 0.15) is 20.3 Å². The number of hydrogen-bond acceptors (Lipinski definition) is 3. The molecule has 0 aliphatic carbocycles. The zero-order valence-corrected chi connectivity index (χ0v) is 14.8. The van der Waals surface area contributed by atoms with E-state index in [1.165, 1.54) is 0 Å². The van der Waals surface area contributed by atoms with Crippen LogP contribution in [-0.2, 0) is 4.79 Å². The van der Waals surface area contributed by atoms with E-state index >= 15 is 0 Å². The van der Waals surface area contributed by atoms with Crippen molar-refractivity contribution in [1.29, 1.82) is 0 Å². The van der Waals surface area contributed by atoms with Crippen LogP contribution in [0.4, 0.5) is 0 Å². The minimum absolute atomic E-state index is 0.0560. The van der Waals surface area contributed by atoms with Crippen molar-refractivity contribution in [3.63, 3.8) is 0 Å². The number of benzene rings is 1. The van der Waals surface area contributed by atoms with Gasteiger partial charge in [-0.1, -0.05) is 26.0 Å². The van der Waals surface area contributed by atoms with Crippen LogP contribution in [0.15, 0.2) is 28.7 Å². The van der Waals surface area contributed by atoms with Crippen molar-refractivity contribution in [3.05, 3.63) is 28.7 Å². The van der Waals surface area contributed by atoms with Crippen LogP contribution in [0.25, 0.3) is 0 Å². The molecule has 1 aromatic carbocycles. The topological polar surface area (TPSA) is 41.6 Å². The molecule has 0 aliphatic heterocycles. The Morgan fingerprint density at radius 2 is 2.00 bits per heavy atom. The van der Waals surface area contributed by atoms with Crippen molar-refractivity contribution in [2.75, 3.05) is 27.2 Å². The molecule has 4 nitrogen and oxygen atoms in total. The highest BCUT2D eigenvalue weighted by Gasteiger charge is 2.24. The van der Waals surface area contributed by atoms with Gasteiger partial charge in [0.1, 0.15) is 5.75 Å². The first-order valence-electron chi connectivity index (χ1n) is 7.25. The van der Waals surface area contributed by atoms with E-state index < -0.39 is 6.10 Å². The molecule has 5 heteroatoms. The van der Waals surface area contributed by atoms with Gasteiger partial charge in [-0.15, -0.1) is 0 Å². The molecule has 0 heterocycles. The van der Waals surface area contributed by atoms with Crippen molar-refractivity contribution >= 4 is 21.8 Å². The molecule has 0 fully saturated rings. The average molecular weight is 357 g/mol. The molecule has 21 heavy (non-hydrogen) atoms. The SMILES string of the molecule is CC(C)C(Oc1ccccc1Br)C(=O)NCCCN(C)C. The van der Waals surface area contributed by atoms with Crippen molar-refractivity contribution in [2.24, 2.45) is 5.92 Å². The Balaban J connectivity index is 2.57. The molecule has 0 aliphatic rings. The third kappa shape index (κ3) is 6.48. The Kier molecular flexibility index (Phi) is 7.75. The lowest BCUT2D eigenvalue weighted by molar-refractivity contribution is -0.129. The standard InChI is InChI=1S/C16H25BrN2O2/c1-12(2)15(16(20)18-10-7-11-19(3)4)21-14-9-6-5-8-13(14)17/h5-6,8-9,12,15H,7,10-11H2,1-4H3,(H,18,20). The lowest BCUT2D eigenvalue weighted by Gasteiger charge is -2.22. The van der Waals surface area contributed by atoms with Crippen LogP contribution in [0.5, 0.6) is 5.75 Å². The summed E-state index contributed by atoms with van der Waals surface area (Å²) in [5.41, 5.74) is 0. The number of nitrogens with one attached hydrogen (secondary N) is 1. The van der Waals surface area contributed by atoms with Gasteiger partial charge in [-0.05, 0) is 61.0 Å². The molecule has 0 saturated heterocycles. The maximum absolute atomic E-state index is 12.3. The van der Waals surface area contributed by atoms with Crippen LogP contribution < -0.4 is 10.1 Å². The van der Waals surface area contributed by atoms with Crippen molar-refractivity contribution in [2.45, 2.75) is 26.4 Å². The van der Waals surface area contributed by atoms with Crippen LogP contribution in [0, 0.1) is 5.92 Å². The number of rotatable bonds is 8. The number of carbonyl (C=O) groups excluding carboxylic acids is 1. The fourth-order valence-corrected chi connectivity index (χ4v) is 2.26. The second kappa shape index (κ2) is 9.05. The molecule has 1 rings (SSSR count). The predicted molar refractivity (Wildman–Crippen MR) is 89.6 cm³/mol. The Hall–Kier alpha value is -1.07. The van der Waals surface area contributed by atoms with E-state index in [-0.39, 0.29) is 11.8 Å². The van der Waals surface area contributed by atoms with E-state index in [9.17, 15) is 4.79 Å². The monoisotopic (exact) mass is 356 g/mol. The van der Waals surface area contributed by atoms with Gasteiger partial charge < -0.3 is 15.0 Å². The van der Waals surface area contributed by atoms with E-state index in [1.807, 2.05) is 52.2 Å². The maximum atomic E-state index is 12.3. The smallest absolute Gasteiger partial charge is 0.261 e. The molecule has 0 radical (unpaired) electrons. The third-order valence-corrected chi connectivity index (χ3v) is 3.69. The first kappa shape index (κ1) is 18.0. The highest BCUT2D eigenvalue weighted by Crippen LogP contribution is 2.26. The summed E-state index contributed by atoms with van der Waals surface area (Å²) in [5.74, 6) is 0.741. The number of nitrogens with zero attached hydrogens (tertiary/aromatic N) is 1. The zero-order chi connectivity index (χ0) is 15.8. The third-order valence-electron chi connectivity index (χ3n) is 3.04. The number of ether oxygens (including phenoxy) is 1. The number of halogens is 1. The van der Waals surface area contributed by atoms with Crippen LogP contribution in [-0.4, -0.2) is 44.1 Å². The number of carbonyl (C=O) groups is 1. The van der Waals surface area contributed by atoms with E-state index in [2.05, 4.69) is 26.1 Å². The van der Waals surface area contributed by atoms with E-state index in [1.54, 1.807) is 0 Å². The minimum Gasteiger partial charge on any atom is -0.479 e. The summed E-state index contributed by atoms with van der Waals surface area (Å²) in [6.45, 7) is 5.60. The highest BCUT2D eigenvalue weighted by molar-refractivity contribution is 9.10. The molecule has 1 aromatic rings. The van der Waals surface area contributed by atoms with Crippen molar-refractivity contribution in [1.82, 2.24) is 10.2 Å². The molecular formula is C16H25BrN2O2. The molecule has 0 aromatic heterocycles. The van der Waals surface area contributed by atoms with Crippen LogP contribution in [0.2, 0.25) is 0 Å². The summed E-state index contributed by atoms with van der Waals surface area (Å²) in [6, 6.07) is 7.58. The summed E-state index contributed by atoms with van der Waals surface area (Å²) < 4.78 is 6.73. The average Bonchev–Trinajstić information content (AvgIpc) is 2.41. The highest BCUT2D eigenvalue weighted by atomic mass is 79.9. The maximum Gasteiger partial charge on any atom is 0.261 e. The largest absolute Gasteiger partial charge is 0.479 e. The van der Waals surface area contributed by atoms with Crippen molar-refractivity contribution in [3.8, 4) is 5.75 Å². The van der Waals surface area contributed by atoms with E-state index in [0.29, 0.717) is 12.3 Å². The second-order valence-corrected chi connectivity index (χ2v) is 6.52. The molecule has 0 saturated carbocycles. The van der Waals surface area contributed by atoms with Gasteiger partial charge in [-0.3, -0.25) is 4.79 Å². The van der Waals surface area contributed by atoms with Gasteiger partial charge in [0.05, 0.1) is 4.47 Å². The van der Waals surface area contributed by atoms with Gasteiger partial charge in [0.25, 0.3) is 5.91 Å². The fraction of sp³-hybridized carbons (Fsp3) is 0.562. The van der Waals surface area contributed by atoms with Gasteiger partial charge in [-0.2, -0.15) is 0 Å². The first-order chi connectivity index (χ1) is 9.91. The Morgan fingerprint density at radius 3 is 2.57 bits per heavy atom. The van der Waals surface area contributed by atoms with Gasteiger partial charge in [0.15, 0.2) is 6.10 Å². The van der Waals surface area contributed by atoms with Gasteiger partial charge in [0, 0.05) is 6.54 Å². The van der Waals surface area contributed by atoms with Crippen LogP contribution in [0.3, 0.4) is 0 Å². The zero-order valence-electron chi connectivity index (χ0n) is 13.2. The summed E-state index contributed by atoms with van der Waals surface area (Å²) >= 11 is 3.44. The number of hydrogen-bond donors (Lipinski definition) is 1. The molecule has 1 amide bonds. The molecule has 1 atom stereocenters. The lowest BCUT2D eigenvalue weighted by Crippen LogP contribution is -2.42. The summed E-state index contributed by atoms with van der Waals surface area (Å²) in [7, 11) is 4.05.